The Morgan fingerprint density at radius 1 is 1.08 bits per heavy atom. The molecule has 0 radical (unpaired) electrons. The summed E-state index contributed by atoms with van der Waals surface area (Å²) in [6.45, 7) is 6.42. The van der Waals surface area contributed by atoms with Crippen molar-refractivity contribution in [2.45, 2.75) is 39.0 Å². The quantitative estimate of drug-likeness (QED) is 0.924. The molecule has 0 spiro atoms. The molecule has 0 aromatic heterocycles. The second-order valence-electron chi connectivity index (χ2n) is 6.53. The molecule has 6 heteroatoms. The van der Waals surface area contributed by atoms with Crippen LogP contribution in [-0.2, 0) is 14.9 Å². The summed E-state index contributed by atoms with van der Waals surface area (Å²) >= 11 is 0. The standard InChI is InChI=1S/C18H24N2O3S/c1-13-11-20(12-14(2)23-13)24(21,22)19-15(3)17-9-8-16-6-4-5-7-18(16)10-17/h4-10,13-15,19H,11-12H2,1-3H3/t13-,14-,15-/m1/s1. The van der Waals surface area contributed by atoms with E-state index >= 15 is 0 Å². The van der Waals surface area contributed by atoms with Gasteiger partial charge in [-0.3, -0.25) is 0 Å². The Labute approximate surface area is 143 Å². The molecule has 3 atom stereocenters. The van der Waals surface area contributed by atoms with E-state index in [0.717, 1.165) is 16.3 Å². The second kappa shape index (κ2) is 6.80. The van der Waals surface area contributed by atoms with Crippen molar-refractivity contribution in [3.63, 3.8) is 0 Å². The van der Waals surface area contributed by atoms with Crippen LogP contribution in [0.1, 0.15) is 32.4 Å². The largest absolute Gasteiger partial charge is 0.373 e. The Bertz CT molecular complexity index is 812. The van der Waals surface area contributed by atoms with E-state index in [-0.39, 0.29) is 18.2 Å². The van der Waals surface area contributed by atoms with Crippen molar-refractivity contribution in [2.24, 2.45) is 0 Å². The molecular weight excluding hydrogens is 324 g/mol. The van der Waals surface area contributed by atoms with Gasteiger partial charge in [0.2, 0.25) is 0 Å². The molecule has 1 heterocycles. The molecule has 0 bridgehead atoms. The number of ether oxygens (including phenoxy) is 1. The van der Waals surface area contributed by atoms with Crippen molar-refractivity contribution in [1.29, 1.82) is 0 Å². The van der Waals surface area contributed by atoms with Gasteiger partial charge in [-0.25, -0.2) is 0 Å². The van der Waals surface area contributed by atoms with Gasteiger partial charge >= 0.3 is 0 Å². The summed E-state index contributed by atoms with van der Waals surface area (Å²) in [4.78, 5) is 0. The van der Waals surface area contributed by atoms with Gasteiger partial charge in [0.05, 0.1) is 12.2 Å². The highest BCUT2D eigenvalue weighted by Gasteiger charge is 2.31. The number of morpholine rings is 1. The first-order valence-corrected chi connectivity index (χ1v) is 9.71. The van der Waals surface area contributed by atoms with Crippen LogP contribution in [0.2, 0.25) is 0 Å². The molecular formula is C18H24N2O3S. The lowest BCUT2D eigenvalue weighted by Gasteiger charge is -2.35. The highest BCUT2D eigenvalue weighted by Crippen LogP contribution is 2.22. The first-order chi connectivity index (χ1) is 11.3. The Morgan fingerprint density at radius 3 is 2.38 bits per heavy atom. The van der Waals surface area contributed by atoms with E-state index in [1.165, 1.54) is 4.31 Å². The average Bonchev–Trinajstić information content (AvgIpc) is 2.53. The lowest BCUT2D eigenvalue weighted by atomic mass is 10.0. The van der Waals surface area contributed by atoms with E-state index in [1.54, 1.807) is 0 Å². The van der Waals surface area contributed by atoms with Crippen molar-refractivity contribution in [3.05, 3.63) is 48.0 Å². The highest BCUT2D eigenvalue weighted by atomic mass is 32.2. The summed E-state index contributed by atoms with van der Waals surface area (Å²) < 4.78 is 35.2. The fourth-order valence-electron chi connectivity index (χ4n) is 3.17. The van der Waals surface area contributed by atoms with E-state index in [1.807, 2.05) is 63.2 Å². The van der Waals surface area contributed by atoms with Crippen LogP contribution in [0.4, 0.5) is 0 Å². The normalized spacial score (nSPS) is 24.1. The zero-order valence-electron chi connectivity index (χ0n) is 14.3. The van der Waals surface area contributed by atoms with Gasteiger partial charge < -0.3 is 4.74 Å². The predicted octanol–water partition coefficient (Wildman–Crippen LogP) is 2.84. The van der Waals surface area contributed by atoms with E-state index in [2.05, 4.69) is 4.72 Å². The van der Waals surface area contributed by atoms with Crippen LogP contribution < -0.4 is 4.72 Å². The molecule has 2 aromatic carbocycles. The van der Waals surface area contributed by atoms with Crippen molar-refractivity contribution in [3.8, 4) is 0 Å². The van der Waals surface area contributed by atoms with Crippen molar-refractivity contribution >= 4 is 21.0 Å². The summed E-state index contributed by atoms with van der Waals surface area (Å²) in [5.41, 5.74) is 0.951. The number of nitrogens with zero attached hydrogens (tertiary/aromatic N) is 1. The molecule has 0 saturated carbocycles. The number of hydrogen-bond acceptors (Lipinski definition) is 3. The summed E-state index contributed by atoms with van der Waals surface area (Å²) in [5, 5.41) is 2.25. The molecule has 5 nitrogen and oxygen atoms in total. The zero-order chi connectivity index (χ0) is 17.3. The first-order valence-electron chi connectivity index (χ1n) is 8.27. The minimum absolute atomic E-state index is 0.0960. The van der Waals surface area contributed by atoms with Gasteiger partial charge in [-0.15, -0.1) is 0 Å². The van der Waals surface area contributed by atoms with Crippen LogP contribution in [-0.4, -0.2) is 38.0 Å². The van der Waals surface area contributed by atoms with Gasteiger partial charge in [0.25, 0.3) is 10.2 Å². The van der Waals surface area contributed by atoms with E-state index in [9.17, 15) is 8.42 Å². The lowest BCUT2D eigenvalue weighted by molar-refractivity contribution is -0.0444. The topological polar surface area (TPSA) is 58.6 Å². The molecule has 1 aliphatic rings. The van der Waals surface area contributed by atoms with Crippen LogP contribution >= 0.6 is 0 Å². The maximum atomic E-state index is 12.7. The molecule has 1 fully saturated rings. The molecule has 0 amide bonds. The second-order valence-corrected chi connectivity index (χ2v) is 8.23. The Morgan fingerprint density at radius 2 is 1.71 bits per heavy atom. The summed E-state index contributed by atoms with van der Waals surface area (Å²) in [7, 11) is -3.55. The number of benzene rings is 2. The van der Waals surface area contributed by atoms with Crippen molar-refractivity contribution in [1.82, 2.24) is 9.03 Å². The minimum Gasteiger partial charge on any atom is -0.373 e. The van der Waals surface area contributed by atoms with Crippen LogP contribution in [0.5, 0.6) is 0 Å². The van der Waals surface area contributed by atoms with Gasteiger partial charge in [-0.05, 0) is 43.2 Å². The maximum Gasteiger partial charge on any atom is 0.280 e. The van der Waals surface area contributed by atoms with Crippen LogP contribution in [0.15, 0.2) is 42.5 Å². The minimum atomic E-state index is -3.55. The molecule has 2 aromatic rings. The predicted molar refractivity (Wildman–Crippen MR) is 96.0 cm³/mol. The van der Waals surface area contributed by atoms with Crippen LogP contribution in [0, 0.1) is 0 Å². The van der Waals surface area contributed by atoms with Gasteiger partial charge in [0, 0.05) is 19.1 Å². The number of hydrogen-bond donors (Lipinski definition) is 1. The monoisotopic (exact) mass is 348 g/mol. The molecule has 0 unspecified atom stereocenters. The molecule has 1 aliphatic heterocycles. The molecule has 1 N–H and O–H groups in total. The third-order valence-corrected chi connectivity index (χ3v) is 5.95. The number of fused-ring (bicyclic) bond motifs is 1. The third kappa shape index (κ3) is 3.78. The summed E-state index contributed by atoms with van der Waals surface area (Å²) in [6, 6.07) is 13.8. The summed E-state index contributed by atoms with van der Waals surface area (Å²) in [6.07, 6.45) is -0.192. The summed E-state index contributed by atoms with van der Waals surface area (Å²) in [5.74, 6) is 0. The van der Waals surface area contributed by atoms with Crippen LogP contribution in [0.3, 0.4) is 0 Å². The molecule has 24 heavy (non-hydrogen) atoms. The first kappa shape index (κ1) is 17.4. The molecule has 130 valence electrons. The van der Waals surface area contributed by atoms with Gasteiger partial charge in [0.15, 0.2) is 0 Å². The number of nitrogens with one attached hydrogen (secondary N) is 1. The zero-order valence-corrected chi connectivity index (χ0v) is 15.1. The smallest absolute Gasteiger partial charge is 0.280 e. The Hall–Kier alpha value is -1.47. The molecule has 3 rings (SSSR count). The molecule has 0 aliphatic carbocycles. The fourth-order valence-corrected chi connectivity index (χ4v) is 4.71. The number of rotatable bonds is 4. The molecule has 1 saturated heterocycles. The Balaban J connectivity index is 1.78. The highest BCUT2D eigenvalue weighted by molar-refractivity contribution is 7.87. The maximum absolute atomic E-state index is 12.7. The van der Waals surface area contributed by atoms with E-state index in [4.69, 9.17) is 4.74 Å². The lowest BCUT2D eigenvalue weighted by Crippen LogP contribution is -2.52. The van der Waals surface area contributed by atoms with E-state index in [0.29, 0.717) is 13.1 Å². The fraction of sp³-hybridized carbons (Fsp3) is 0.444. The van der Waals surface area contributed by atoms with Crippen molar-refractivity contribution < 1.29 is 13.2 Å². The Kier molecular flexibility index (Phi) is 4.92. The van der Waals surface area contributed by atoms with Gasteiger partial charge in [-0.2, -0.15) is 17.4 Å². The average molecular weight is 348 g/mol. The third-order valence-electron chi connectivity index (χ3n) is 4.33. The SMILES string of the molecule is C[C@@H]1CN(S(=O)(=O)N[C@H](C)c2ccc3ccccc3c2)C[C@@H](C)O1. The van der Waals surface area contributed by atoms with Crippen molar-refractivity contribution in [2.75, 3.05) is 13.1 Å². The van der Waals surface area contributed by atoms with Gasteiger partial charge in [0.1, 0.15) is 0 Å². The van der Waals surface area contributed by atoms with Crippen LogP contribution in [0.25, 0.3) is 10.8 Å². The van der Waals surface area contributed by atoms with Gasteiger partial charge in [-0.1, -0.05) is 36.4 Å². The van der Waals surface area contributed by atoms with E-state index < -0.39 is 10.2 Å².